The van der Waals surface area contributed by atoms with Crippen LogP contribution in [0.3, 0.4) is 0 Å². The lowest BCUT2D eigenvalue weighted by Crippen LogP contribution is -2.26. The summed E-state index contributed by atoms with van der Waals surface area (Å²) in [6, 6.07) is 13.2. The van der Waals surface area contributed by atoms with Gasteiger partial charge in [0.15, 0.2) is 6.61 Å². The minimum absolute atomic E-state index is 0.0270. The van der Waals surface area contributed by atoms with Crippen molar-refractivity contribution in [2.75, 3.05) is 19.0 Å². The molecule has 0 spiro atoms. The van der Waals surface area contributed by atoms with Gasteiger partial charge in [-0.05, 0) is 41.8 Å². The molecule has 130 valence electrons. The number of benzene rings is 2. The summed E-state index contributed by atoms with van der Waals surface area (Å²) in [5.41, 5.74) is 2.60. The van der Waals surface area contributed by atoms with Crippen molar-refractivity contribution in [1.29, 1.82) is 0 Å². The summed E-state index contributed by atoms with van der Waals surface area (Å²) in [7, 11) is 1.62. The lowest BCUT2D eigenvalue weighted by Gasteiger charge is -2.18. The van der Waals surface area contributed by atoms with Crippen LogP contribution in [0.1, 0.15) is 17.5 Å². The molecule has 25 heavy (non-hydrogen) atoms. The molecule has 6 heteroatoms. The van der Waals surface area contributed by atoms with Gasteiger partial charge < -0.3 is 20.1 Å². The number of methoxy groups -OCH3 is 1. The van der Waals surface area contributed by atoms with E-state index >= 15 is 0 Å². The first kappa shape index (κ1) is 16.8. The fourth-order valence-corrected chi connectivity index (χ4v) is 2.62. The fraction of sp³-hybridized carbons (Fsp3) is 0.263. The number of amides is 2. The van der Waals surface area contributed by atoms with E-state index in [4.69, 9.17) is 9.47 Å². The first-order valence-electron chi connectivity index (χ1n) is 8.09. The number of fused-ring (bicyclic) bond motifs is 1. The van der Waals surface area contributed by atoms with Crippen LogP contribution in [0.4, 0.5) is 5.69 Å². The minimum Gasteiger partial charge on any atom is -0.497 e. The van der Waals surface area contributed by atoms with Crippen molar-refractivity contribution in [2.24, 2.45) is 0 Å². The van der Waals surface area contributed by atoms with Crippen LogP contribution < -0.4 is 20.1 Å². The standard InChI is InChI=1S/C19H20N2O4/c1-24-15-4-2-3-13(9-15)6-8-18(22)20-11-14-5-7-17-16(10-14)21-19(23)12-25-17/h2-5,7,9-10H,6,8,11-12H2,1H3,(H,20,22)(H,21,23). The van der Waals surface area contributed by atoms with Gasteiger partial charge in [-0.1, -0.05) is 18.2 Å². The molecule has 2 aromatic rings. The quantitative estimate of drug-likeness (QED) is 0.846. The highest BCUT2D eigenvalue weighted by Gasteiger charge is 2.15. The van der Waals surface area contributed by atoms with Gasteiger partial charge in [0, 0.05) is 13.0 Å². The maximum absolute atomic E-state index is 12.0. The smallest absolute Gasteiger partial charge is 0.262 e. The van der Waals surface area contributed by atoms with Gasteiger partial charge in [-0.15, -0.1) is 0 Å². The molecule has 1 aliphatic heterocycles. The SMILES string of the molecule is COc1cccc(CCC(=O)NCc2ccc3c(c2)NC(=O)CO3)c1. The second-order valence-corrected chi connectivity index (χ2v) is 5.80. The van der Waals surface area contributed by atoms with Crippen LogP contribution in [0.15, 0.2) is 42.5 Å². The number of anilines is 1. The Labute approximate surface area is 146 Å². The number of ether oxygens (including phenoxy) is 2. The third kappa shape index (κ3) is 4.50. The van der Waals surface area contributed by atoms with Gasteiger partial charge in [-0.3, -0.25) is 9.59 Å². The molecule has 3 rings (SSSR count). The molecule has 2 amide bonds. The molecule has 2 N–H and O–H groups in total. The van der Waals surface area contributed by atoms with Crippen LogP contribution in [0.2, 0.25) is 0 Å². The topological polar surface area (TPSA) is 76.7 Å². The van der Waals surface area contributed by atoms with E-state index in [2.05, 4.69) is 10.6 Å². The molecule has 0 saturated carbocycles. The molecule has 0 saturated heterocycles. The van der Waals surface area contributed by atoms with Crippen molar-refractivity contribution in [3.05, 3.63) is 53.6 Å². The maximum atomic E-state index is 12.0. The molecule has 0 unspecified atom stereocenters. The normalized spacial score (nSPS) is 12.6. The highest BCUT2D eigenvalue weighted by molar-refractivity contribution is 5.95. The van der Waals surface area contributed by atoms with E-state index in [1.807, 2.05) is 36.4 Å². The van der Waals surface area contributed by atoms with Gasteiger partial charge in [0.25, 0.3) is 5.91 Å². The predicted molar refractivity (Wildman–Crippen MR) is 93.7 cm³/mol. The van der Waals surface area contributed by atoms with Gasteiger partial charge in [0.05, 0.1) is 12.8 Å². The van der Waals surface area contributed by atoms with E-state index in [1.54, 1.807) is 13.2 Å². The van der Waals surface area contributed by atoms with Gasteiger partial charge in [0.2, 0.25) is 5.91 Å². The summed E-state index contributed by atoms with van der Waals surface area (Å²) >= 11 is 0. The Morgan fingerprint density at radius 2 is 2.12 bits per heavy atom. The number of hydrogen-bond acceptors (Lipinski definition) is 4. The number of hydrogen-bond donors (Lipinski definition) is 2. The Hall–Kier alpha value is -3.02. The van der Waals surface area contributed by atoms with E-state index in [9.17, 15) is 9.59 Å². The molecule has 1 heterocycles. The van der Waals surface area contributed by atoms with E-state index in [0.717, 1.165) is 16.9 Å². The second-order valence-electron chi connectivity index (χ2n) is 5.80. The zero-order valence-electron chi connectivity index (χ0n) is 14.0. The third-order valence-corrected chi connectivity index (χ3v) is 3.94. The Bertz CT molecular complexity index is 789. The summed E-state index contributed by atoms with van der Waals surface area (Å²) in [6.45, 7) is 0.438. The molecule has 0 aromatic heterocycles. The lowest BCUT2D eigenvalue weighted by atomic mass is 10.1. The fourth-order valence-electron chi connectivity index (χ4n) is 2.62. The largest absolute Gasteiger partial charge is 0.497 e. The van der Waals surface area contributed by atoms with Crippen molar-refractivity contribution in [2.45, 2.75) is 19.4 Å². The molecule has 0 fully saturated rings. The van der Waals surface area contributed by atoms with Crippen LogP contribution in [0.25, 0.3) is 0 Å². The molecular weight excluding hydrogens is 320 g/mol. The average Bonchev–Trinajstić information content (AvgIpc) is 2.64. The second kappa shape index (κ2) is 7.70. The summed E-state index contributed by atoms with van der Waals surface area (Å²) in [6.07, 6.45) is 1.05. The van der Waals surface area contributed by atoms with Crippen molar-refractivity contribution in [1.82, 2.24) is 5.32 Å². The molecule has 0 bridgehead atoms. The van der Waals surface area contributed by atoms with Gasteiger partial charge in [0.1, 0.15) is 11.5 Å². The minimum atomic E-state index is -0.174. The van der Waals surface area contributed by atoms with Crippen molar-refractivity contribution in [3.8, 4) is 11.5 Å². The average molecular weight is 340 g/mol. The van der Waals surface area contributed by atoms with Crippen LogP contribution in [-0.2, 0) is 22.6 Å². The third-order valence-electron chi connectivity index (χ3n) is 3.94. The number of nitrogens with one attached hydrogen (secondary N) is 2. The Balaban J connectivity index is 1.50. The molecule has 0 atom stereocenters. The molecule has 1 aliphatic rings. The van der Waals surface area contributed by atoms with Crippen LogP contribution in [-0.4, -0.2) is 25.5 Å². The van der Waals surface area contributed by atoms with Crippen LogP contribution in [0.5, 0.6) is 11.5 Å². The number of rotatable bonds is 6. The maximum Gasteiger partial charge on any atom is 0.262 e. The molecule has 0 aliphatic carbocycles. The van der Waals surface area contributed by atoms with Crippen molar-refractivity contribution in [3.63, 3.8) is 0 Å². The molecule has 0 radical (unpaired) electrons. The van der Waals surface area contributed by atoms with Crippen molar-refractivity contribution < 1.29 is 19.1 Å². The van der Waals surface area contributed by atoms with Crippen molar-refractivity contribution >= 4 is 17.5 Å². The zero-order valence-corrected chi connectivity index (χ0v) is 14.0. The van der Waals surface area contributed by atoms with E-state index in [0.29, 0.717) is 30.8 Å². The van der Waals surface area contributed by atoms with E-state index in [-0.39, 0.29) is 18.4 Å². The van der Waals surface area contributed by atoms with E-state index < -0.39 is 0 Å². The predicted octanol–water partition coefficient (Wildman–Crippen LogP) is 2.28. The summed E-state index contributed by atoms with van der Waals surface area (Å²) in [4.78, 5) is 23.4. The zero-order chi connectivity index (χ0) is 17.6. The molecule has 6 nitrogen and oxygen atoms in total. The van der Waals surface area contributed by atoms with Gasteiger partial charge >= 0.3 is 0 Å². The first-order chi connectivity index (χ1) is 12.1. The van der Waals surface area contributed by atoms with Gasteiger partial charge in [-0.2, -0.15) is 0 Å². The number of carbonyl (C=O) groups is 2. The summed E-state index contributed by atoms with van der Waals surface area (Å²) < 4.78 is 10.5. The Kier molecular flexibility index (Phi) is 5.18. The molecule has 2 aromatic carbocycles. The van der Waals surface area contributed by atoms with E-state index in [1.165, 1.54) is 0 Å². The Morgan fingerprint density at radius 3 is 2.96 bits per heavy atom. The summed E-state index contributed by atoms with van der Waals surface area (Å²) in [5, 5.41) is 5.65. The van der Waals surface area contributed by atoms with Crippen LogP contribution >= 0.6 is 0 Å². The molecular formula is C19H20N2O4. The number of aryl methyl sites for hydroxylation is 1. The highest BCUT2D eigenvalue weighted by Crippen LogP contribution is 2.28. The van der Waals surface area contributed by atoms with Crippen LogP contribution in [0, 0.1) is 0 Å². The Morgan fingerprint density at radius 1 is 1.24 bits per heavy atom. The lowest BCUT2D eigenvalue weighted by molar-refractivity contribution is -0.121. The van der Waals surface area contributed by atoms with Gasteiger partial charge in [-0.25, -0.2) is 0 Å². The number of carbonyl (C=O) groups excluding carboxylic acids is 2. The highest BCUT2D eigenvalue weighted by atomic mass is 16.5. The monoisotopic (exact) mass is 340 g/mol. The summed E-state index contributed by atoms with van der Waals surface area (Å²) in [5.74, 6) is 1.23. The first-order valence-corrected chi connectivity index (χ1v) is 8.09.